The maximum absolute atomic E-state index is 14.5. The molecule has 16 nitrogen and oxygen atoms in total. The number of unbranched alkanes of at least 4 members (excludes halogenated alkanes) is 1. The molecule has 0 bridgehead atoms. The van der Waals surface area contributed by atoms with Gasteiger partial charge in [0.1, 0.15) is 23.9 Å². The van der Waals surface area contributed by atoms with Crippen molar-refractivity contribution in [2.24, 2.45) is 17.8 Å². The molecule has 64 heavy (non-hydrogen) atoms. The van der Waals surface area contributed by atoms with Crippen LogP contribution in [0.15, 0.2) is 0 Å². The average molecular weight is 953 g/mol. The van der Waals surface area contributed by atoms with Crippen molar-refractivity contribution < 1.29 is 67.4 Å². The Morgan fingerprint density at radius 2 is 1.66 bits per heavy atom. The fraction of sp³-hybridized carbons (Fsp3) is 0.957. The number of aliphatic hydroxyl groups excluding tert-OH is 2. The van der Waals surface area contributed by atoms with Gasteiger partial charge in [0.2, 0.25) is 0 Å². The quantitative estimate of drug-likeness (QED) is 0.116. The van der Waals surface area contributed by atoms with Crippen molar-refractivity contribution >= 4 is 32.6 Å². The van der Waals surface area contributed by atoms with E-state index in [1.807, 2.05) is 51.7 Å². The summed E-state index contributed by atoms with van der Waals surface area (Å²) in [7, 11) is 7.86. The predicted octanol–water partition coefficient (Wildman–Crippen LogP) is 4.18. The van der Waals surface area contributed by atoms with Gasteiger partial charge in [-0.1, -0.05) is 38.0 Å². The number of methoxy groups -OCH3 is 1. The van der Waals surface area contributed by atoms with E-state index in [4.69, 9.17) is 33.2 Å². The van der Waals surface area contributed by atoms with Crippen molar-refractivity contribution in [2.75, 3.05) is 40.6 Å². The highest BCUT2D eigenvalue weighted by Gasteiger charge is 2.53. The molecule has 4 fully saturated rings. The van der Waals surface area contributed by atoms with Crippen LogP contribution in [0.25, 0.3) is 0 Å². The summed E-state index contributed by atoms with van der Waals surface area (Å²) in [6, 6.07) is -0.876. The van der Waals surface area contributed by atoms with Crippen LogP contribution < -0.4 is 0 Å². The molecular formula is C46H84N2O14S2. The molecule has 0 radical (unpaired) electrons. The molecule has 4 aliphatic heterocycles. The highest BCUT2D eigenvalue weighted by molar-refractivity contribution is 8.69. The zero-order chi connectivity index (χ0) is 48.1. The van der Waals surface area contributed by atoms with Crippen LogP contribution in [0.1, 0.15) is 127 Å². The first-order valence-corrected chi connectivity index (χ1v) is 26.3. The summed E-state index contributed by atoms with van der Waals surface area (Å²) >= 11 is 0. The van der Waals surface area contributed by atoms with Gasteiger partial charge < -0.3 is 63.4 Å². The summed E-state index contributed by atoms with van der Waals surface area (Å²) < 4.78 is 56.8. The van der Waals surface area contributed by atoms with Crippen molar-refractivity contribution in [3.63, 3.8) is 0 Å². The van der Waals surface area contributed by atoms with Crippen LogP contribution in [-0.4, -0.2) is 182 Å². The summed E-state index contributed by atoms with van der Waals surface area (Å²) in [5, 5.41) is 47.8. The molecule has 0 aliphatic carbocycles. The van der Waals surface area contributed by atoms with Crippen LogP contribution in [-0.2, 0) is 52.6 Å². The fourth-order valence-corrected chi connectivity index (χ4v) is 13.9. The first-order chi connectivity index (χ1) is 29.8. The lowest BCUT2D eigenvalue weighted by Crippen LogP contribution is -2.61. The minimum absolute atomic E-state index is 0.104. The number of carbonyl (C=O) groups excluding carboxylic acids is 2. The van der Waals surface area contributed by atoms with Crippen LogP contribution >= 0.6 is 10.8 Å². The molecule has 4 aliphatic rings. The smallest absolute Gasteiger partial charge is 0.311 e. The van der Waals surface area contributed by atoms with Crippen LogP contribution in [0.3, 0.4) is 0 Å². The number of hydrogen-bond donors (Lipinski definition) is 4. The van der Waals surface area contributed by atoms with E-state index in [1.54, 1.807) is 41.5 Å². The molecule has 20 atom stereocenters. The standard InChI is InChI=1S/C46H84N2O14S2/c1-15-34-46(10,54)39(50)30(6)48(13)25-26(2)23-44(8,53)41(28(4)37(29(5)42(52)59-34)61-36-24-45(9,56-14)40(51)31(7)58-36)62-43-38(33(47(11)12)22-27(3)57-43)60-35(49)19-17-16-18-32-20-21-64(55)63-32/h26-34,36-41,43,50-51,53-54H,15-25H2,1-14H3/t26-,27-,28+,29-,30-,31+,32-,33+,34-,36+,37+,38-,39-,40+,41-,43+,44-,45-,46-,64?/m1/s1. The van der Waals surface area contributed by atoms with E-state index in [0.29, 0.717) is 30.4 Å². The molecule has 1 unspecified atom stereocenters. The highest BCUT2D eigenvalue weighted by atomic mass is 33.1. The molecule has 4 saturated heterocycles. The molecule has 0 aromatic rings. The molecule has 0 spiro atoms. The third-order valence-corrected chi connectivity index (χ3v) is 17.9. The second-order valence-corrected chi connectivity index (χ2v) is 24.0. The van der Waals surface area contributed by atoms with Crippen LogP contribution in [0.4, 0.5) is 0 Å². The van der Waals surface area contributed by atoms with Crippen molar-refractivity contribution in [3.8, 4) is 0 Å². The zero-order valence-electron chi connectivity index (χ0n) is 41.1. The van der Waals surface area contributed by atoms with Gasteiger partial charge in [-0.25, -0.2) is 4.21 Å². The summed E-state index contributed by atoms with van der Waals surface area (Å²) in [6.07, 6.45) is -5.17. The Bertz CT molecular complexity index is 1530. The third kappa shape index (κ3) is 13.8. The lowest BCUT2D eigenvalue weighted by Gasteiger charge is -2.49. The number of nitrogens with zero attached hydrogens (tertiary/aromatic N) is 2. The molecule has 18 heteroatoms. The van der Waals surface area contributed by atoms with Crippen LogP contribution in [0.5, 0.6) is 0 Å². The second kappa shape index (κ2) is 23.5. The molecular weight excluding hydrogens is 869 g/mol. The van der Waals surface area contributed by atoms with E-state index in [1.165, 1.54) is 24.8 Å². The van der Waals surface area contributed by atoms with Gasteiger partial charge in [-0.05, 0) is 114 Å². The second-order valence-electron chi connectivity index (χ2n) is 20.4. The number of cyclic esters (lactones) is 1. The van der Waals surface area contributed by atoms with E-state index in [2.05, 4.69) is 0 Å². The number of rotatable bonds is 13. The first kappa shape index (κ1) is 55.6. The van der Waals surface area contributed by atoms with E-state index >= 15 is 0 Å². The van der Waals surface area contributed by atoms with Gasteiger partial charge in [-0.3, -0.25) is 9.59 Å². The van der Waals surface area contributed by atoms with Crippen LogP contribution in [0.2, 0.25) is 0 Å². The van der Waals surface area contributed by atoms with Gasteiger partial charge in [0.15, 0.2) is 18.7 Å². The maximum atomic E-state index is 14.5. The fourth-order valence-electron chi connectivity index (χ4n) is 10.4. The van der Waals surface area contributed by atoms with Crippen molar-refractivity contribution in [1.29, 1.82) is 0 Å². The summed E-state index contributed by atoms with van der Waals surface area (Å²) in [6.45, 7) is 18.0. The molecule has 4 rings (SSSR count). The molecule has 374 valence electrons. The molecule has 4 heterocycles. The monoisotopic (exact) mass is 953 g/mol. The minimum atomic E-state index is -1.83. The Kier molecular flexibility index (Phi) is 20.4. The third-order valence-electron chi connectivity index (χ3n) is 14.5. The van der Waals surface area contributed by atoms with Gasteiger partial charge in [-0.2, -0.15) is 0 Å². The highest BCUT2D eigenvalue weighted by Crippen LogP contribution is 2.41. The number of ether oxygens (including phenoxy) is 7. The SMILES string of the molecule is CC[C@H]1OC(=O)[C@H](C)[C@@H](O[C@H]2C[C@@](C)(OC)[C@@H](O)[C@H](C)O2)[C@H](C)[C@@H](O[C@@H]2O[C@H](C)C[C@H](N(C)C)[C@H]2OC(=O)CCCC[C@@H]2CCS(=O)S2)[C@](C)(O)C[C@@H](C)CN(C)[C@H](C)[C@@H](O)[C@]1(C)O. The number of aliphatic hydroxyl groups is 4. The molecule has 4 N–H and O–H groups in total. The van der Waals surface area contributed by atoms with E-state index in [0.717, 1.165) is 19.3 Å². The van der Waals surface area contributed by atoms with Crippen molar-refractivity contribution in [2.45, 2.75) is 223 Å². The van der Waals surface area contributed by atoms with Gasteiger partial charge in [0, 0.05) is 49.5 Å². The summed E-state index contributed by atoms with van der Waals surface area (Å²) in [5.74, 6) is -2.46. The number of esters is 2. The van der Waals surface area contributed by atoms with Crippen molar-refractivity contribution in [1.82, 2.24) is 9.80 Å². The van der Waals surface area contributed by atoms with E-state index < -0.39 is 112 Å². The molecule has 0 aromatic carbocycles. The molecule has 0 aromatic heterocycles. The topological polar surface area (TPSA) is 203 Å². The van der Waals surface area contributed by atoms with E-state index in [9.17, 15) is 34.2 Å². The Hall–Kier alpha value is -1.00. The number of carbonyl (C=O) groups is 2. The molecule has 0 saturated carbocycles. The van der Waals surface area contributed by atoms with E-state index in [-0.39, 0.29) is 43.7 Å². The van der Waals surface area contributed by atoms with Gasteiger partial charge in [0.05, 0.1) is 57.4 Å². The predicted molar refractivity (Wildman–Crippen MR) is 246 cm³/mol. The number of likely N-dealkylation sites (N-methyl/N-ethyl adjacent to an activating group) is 2. The Balaban J connectivity index is 1.77. The maximum Gasteiger partial charge on any atom is 0.311 e. The lowest BCUT2D eigenvalue weighted by molar-refractivity contribution is -0.319. The zero-order valence-corrected chi connectivity index (χ0v) is 42.7. The molecule has 0 amide bonds. The van der Waals surface area contributed by atoms with Gasteiger partial charge in [0.25, 0.3) is 0 Å². The number of hydrogen-bond acceptors (Lipinski definition) is 17. The van der Waals surface area contributed by atoms with Crippen molar-refractivity contribution in [3.05, 3.63) is 0 Å². The Labute approximate surface area is 389 Å². The lowest BCUT2D eigenvalue weighted by atomic mass is 9.77. The normalized spacial score (nSPS) is 46.0. The van der Waals surface area contributed by atoms with Gasteiger partial charge in [-0.15, -0.1) is 0 Å². The van der Waals surface area contributed by atoms with Gasteiger partial charge >= 0.3 is 11.9 Å². The first-order valence-electron chi connectivity index (χ1n) is 23.6. The van der Waals surface area contributed by atoms with Crippen LogP contribution in [0, 0.1) is 17.8 Å². The Morgan fingerprint density at radius 3 is 2.25 bits per heavy atom. The summed E-state index contributed by atoms with van der Waals surface area (Å²) in [5.41, 5.74) is -4.52. The largest absolute Gasteiger partial charge is 0.459 e. The summed E-state index contributed by atoms with van der Waals surface area (Å²) in [4.78, 5) is 32.1. The minimum Gasteiger partial charge on any atom is -0.459 e. The average Bonchev–Trinajstić information content (AvgIpc) is 3.64. The Morgan fingerprint density at radius 1 is 0.984 bits per heavy atom.